The maximum Gasteiger partial charge on any atom is 0.228 e. The zero-order valence-electron chi connectivity index (χ0n) is 14.8. The molecule has 10 heteroatoms. The molecule has 27 heavy (non-hydrogen) atoms. The Balaban J connectivity index is 1.40. The van der Waals surface area contributed by atoms with Gasteiger partial charge in [0.25, 0.3) is 0 Å². The molecule has 2 atom stereocenters. The highest BCUT2D eigenvalue weighted by atomic mass is 16.2. The Hall–Kier alpha value is -2.85. The number of hydrogen-bond acceptors (Lipinski definition) is 7. The minimum atomic E-state index is -0.336. The molecule has 2 aliphatic rings. The molecule has 0 saturated carbocycles. The number of carbonyl (C=O) groups excluding carboxylic acids is 2. The fourth-order valence-electron chi connectivity index (χ4n) is 3.54. The monoisotopic (exact) mass is 370 g/mol. The van der Waals surface area contributed by atoms with E-state index < -0.39 is 0 Å². The first-order valence-corrected chi connectivity index (χ1v) is 9.05. The predicted molar refractivity (Wildman–Crippen MR) is 94.4 cm³/mol. The average Bonchev–Trinajstić information content (AvgIpc) is 3.43. The standard InChI is InChI=1S/C17H22N8O2/c26-15-6-3-7-24(15)10-13-5-2-1-4-12(13)8-18-17(27)14-9-19-21-16(14)25-11-20-22-23-25/h1-2,4-5,11,14,16,19,21H,3,6-10H2,(H,18,27). The van der Waals surface area contributed by atoms with Crippen LogP contribution in [0.15, 0.2) is 30.6 Å². The summed E-state index contributed by atoms with van der Waals surface area (Å²) in [5.41, 5.74) is 8.08. The van der Waals surface area contributed by atoms with Gasteiger partial charge in [0.1, 0.15) is 12.5 Å². The molecule has 4 rings (SSSR count). The minimum absolute atomic E-state index is 0.0833. The molecule has 1 aromatic heterocycles. The topological polar surface area (TPSA) is 117 Å². The van der Waals surface area contributed by atoms with E-state index in [0.717, 1.165) is 24.1 Å². The van der Waals surface area contributed by atoms with E-state index in [9.17, 15) is 9.59 Å². The van der Waals surface area contributed by atoms with Gasteiger partial charge in [-0.25, -0.2) is 10.1 Å². The number of benzene rings is 1. The van der Waals surface area contributed by atoms with Gasteiger partial charge in [-0.3, -0.25) is 15.0 Å². The van der Waals surface area contributed by atoms with E-state index in [1.54, 1.807) is 0 Å². The van der Waals surface area contributed by atoms with E-state index in [0.29, 0.717) is 26.1 Å². The molecule has 2 fully saturated rings. The van der Waals surface area contributed by atoms with Crippen LogP contribution in [0.2, 0.25) is 0 Å². The maximum absolute atomic E-state index is 12.7. The number of rotatable bonds is 6. The molecule has 2 saturated heterocycles. The molecule has 1 aromatic carbocycles. The van der Waals surface area contributed by atoms with Gasteiger partial charge < -0.3 is 10.2 Å². The van der Waals surface area contributed by atoms with Gasteiger partial charge in [0.05, 0.1) is 5.92 Å². The quantitative estimate of drug-likeness (QED) is 0.618. The van der Waals surface area contributed by atoms with Crippen molar-refractivity contribution in [2.45, 2.75) is 32.1 Å². The SMILES string of the molecule is O=C(NCc1ccccc1CN1CCCC1=O)C1CNNC1n1cnnn1. The van der Waals surface area contributed by atoms with Crippen LogP contribution in [0, 0.1) is 5.92 Å². The summed E-state index contributed by atoms with van der Waals surface area (Å²) in [6, 6.07) is 7.90. The number of tetrazole rings is 1. The fraction of sp³-hybridized carbons (Fsp3) is 0.471. The molecule has 0 radical (unpaired) electrons. The lowest BCUT2D eigenvalue weighted by atomic mass is 10.0. The summed E-state index contributed by atoms with van der Waals surface area (Å²) in [6.07, 6.45) is 2.68. The number of likely N-dealkylation sites (tertiary alicyclic amines) is 1. The normalized spacial score (nSPS) is 22.4. The number of nitrogens with zero attached hydrogens (tertiary/aromatic N) is 5. The van der Waals surface area contributed by atoms with Crippen LogP contribution in [0.25, 0.3) is 0 Å². The van der Waals surface area contributed by atoms with E-state index in [2.05, 4.69) is 31.7 Å². The number of hydrogen-bond donors (Lipinski definition) is 3. The Bertz CT molecular complexity index is 809. The molecule has 10 nitrogen and oxygen atoms in total. The Morgan fingerprint density at radius 1 is 1.30 bits per heavy atom. The van der Waals surface area contributed by atoms with E-state index >= 15 is 0 Å². The van der Waals surface area contributed by atoms with Crippen molar-refractivity contribution in [1.29, 1.82) is 0 Å². The van der Waals surface area contributed by atoms with Crippen molar-refractivity contribution in [3.05, 3.63) is 41.7 Å². The third-order valence-electron chi connectivity index (χ3n) is 5.04. The summed E-state index contributed by atoms with van der Waals surface area (Å²) in [4.78, 5) is 26.5. The highest BCUT2D eigenvalue weighted by molar-refractivity contribution is 5.80. The van der Waals surface area contributed by atoms with E-state index in [-0.39, 0.29) is 23.9 Å². The summed E-state index contributed by atoms with van der Waals surface area (Å²) in [6.45, 7) is 2.29. The first kappa shape index (κ1) is 17.6. The molecule has 2 amide bonds. The van der Waals surface area contributed by atoms with Gasteiger partial charge in [0, 0.05) is 32.6 Å². The maximum atomic E-state index is 12.7. The van der Waals surface area contributed by atoms with Crippen molar-refractivity contribution in [1.82, 2.24) is 41.3 Å². The van der Waals surface area contributed by atoms with Crippen molar-refractivity contribution >= 4 is 11.8 Å². The highest BCUT2D eigenvalue weighted by Gasteiger charge is 2.35. The van der Waals surface area contributed by atoms with Crippen LogP contribution in [-0.2, 0) is 22.7 Å². The number of nitrogens with one attached hydrogen (secondary N) is 3. The largest absolute Gasteiger partial charge is 0.352 e. The summed E-state index contributed by atoms with van der Waals surface area (Å²) < 4.78 is 1.52. The van der Waals surface area contributed by atoms with Crippen LogP contribution in [0.5, 0.6) is 0 Å². The smallest absolute Gasteiger partial charge is 0.228 e. The van der Waals surface area contributed by atoms with Crippen LogP contribution in [0.4, 0.5) is 0 Å². The minimum Gasteiger partial charge on any atom is -0.352 e. The lowest BCUT2D eigenvalue weighted by Gasteiger charge is -2.20. The van der Waals surface area contributed by atoms with Crippen LogP contribution in [0.3, 0.4) is 0 Å². The predicted octanol–water partition coefficient (Wildman–Crippen LogP) is -0.665. The molecule has 0 aliphatic carbocycles. The number of aromatic nitrogens is 4. The first-order valence-electron chi connectivity index (χ1n) is 9.05. The van der Waals surface area contributed by atoms with Crippen molar-refractivity contribution < 1.29 is 9.59 Å². The summed E-state index contributed by atoms with van der Waals surface area (Å²) in [5, 5.41) is 14.1. The van der Waals surface area contributed by atoms with Gasteiger partial charge in [-0.15, -0.1) is 5.10 Å². The summed E-state index contributed by atoms with van der Waals surface area (Å²) >= 11 is 0. The van der Waals surface area contributed by atoms with Gasteiger partial charge >= 0.3 is 0 Å². The zero-order valence-corrected chi connectivity index (χ0v) is 14.8. The zero-order chi connectivity index (χ0) is 18.6. The molecule has 0 spiro atoms. The lowest BCUT2D eigenvalue weighted by Crippen LogP contribution is -2.37. The Morgan fingerprint density at radius 2 is 2.15 bits per heavy atom. The van der Waals surface area contributed by atoms with Crippen LogP contribution >= 0.6 is 0 Å². The molecule has 2 unspecified atom stereocenters. The van der Waals surface area contributed by atoms with Crippen LogP contribution < -0.4 is 16.2 Å². The fourth-order valence-corrected chi connectivity index (χ4v) is 3.54. The van der Waals surface area contributed by atoms with E-state index in [4.69, 9.17) is 0 Å². The van der Waals surface area contributed by atoms with Crippen LogP contribution in [-0.4, -0.2) is 50.0 Å². The Kier molecular flexibility index (Phi) is 5.07. The Labute approximate surface area is 156 Å². The molecule has 2 aliphatic heterocycles. The third kappa shape index (κ3) is 3.81. The van der Waals surface area contributed by atoms with Crippen molar-refractivity contribution in [3.63, 3.8) is 0 Å². The second-order valence-corrected chi connectivity index (χ2v) is 6.77. The molecule has 142 valence electrons. The average molecular weight is 370 g/mol. The molecular weight excluding hydrogens is 348 g/mol. The number of amides is 2. The Morgan fingerprint density at radius 3 is 2.89 bits per heavy atom. The van der Waals surface area contributed by atoms with Gasteiger partial charge in [-0.1, -0.05) is 24.3 Å². The van der Waals surface area contributed by atoms with Gasteiger partial charge in [-0.05, 0) is 28.0 Å². The van der Waals surface area contributed by atoms with E-state index in [1.807, 2.05) is 29.2 Å². The summed E-state index contributed by atoms with van der Waals surface area (Å²) in [7, 11) is 0. The van der Waals surface area contributed by atoms with Gasteiger partial charge in [-0.2, -0.15) is 0 Å². The highest BCUT2D eigenvalue weighted by Crippen LogP contribution is 2.19. The second kappa shape index (κ2) is 7.80. The van der Waals surface area contributed by atoms with Gasteiger partial charge in [0.15, 0.2) is 0 Å². The molecule has 2 aromatic rings. The second-order valence-electron chi connectivity index (χ2n) is 6.77. The summed E-state index contributed by atoms with van der Waals surface area (Å²) in [5.74, 6) is -0.220. The third-order valence-corrected chi connectivity index (χ3v) is 5.04. The molecule has 0 bridgehead atoms. The first-order chi connectivity index (χ1) is 13.2. The van der Waals surface area contributed by atoms with Crippen molar-refractivity contribution in [3.8, 4) is 0 Å². The number of carbonyl (C=O) groups is 2. The van der Waals surface area contributed by atoms with Gasteiger partial charge in [0.2, 0.25) is 11.8 Å². The molecular formula is C17H22N8O2. The van der Waals surface area contributed by atoms with Crippen LogP contribution in [0.1, 0.15) is 30.1 Å². The molecule has 3 N–H and O–H groups in total. The lowest BCUT2D eigenvalue weighted by molar-refractivity contribution is -0.128. The van der Waals surface area contributed by atoms with Crippen molar-refractivity contribution in [2.75, 3.05) is 13.1 Å². The van der Waals surface area contributed by atoms with E-state index in [1.165, 1.54) is 11.0 Å². The van der Waals surface area contributed by atoms with Crippen molar-refractivity contribution in [2.24, 2.45) is 5.92 Å². The number of hydrazine groups is 1. The molecule has 3 heterocycles.